The number of nitrogens with one attached hydrogen (secondary N) is 1. The molecule has 0 amide bonds. The number of aromatic nitrogens is 3. The Kier molecular flexibility index (Phi) is 5.64. The van der Waals surface area contributed by atoms with E-state index in [0.717, 1.165) is 18.8 Å². The molecule has 1 aromatic heterocycles. The van der Waals surface area contributed by atoms with E-state index in [1.807, 2.05) is 13.1 Å². The molecule has 7 heteroatoms. The lowest BCUT2D eigenvalue weighted by atomic mass is 10.3. The van der Waals surface area contributed by atoms with Gasteiger partial charge in [-0.05, 0) is 18.7 Å². The van der Waals surface area contributed by atoms with Gasteiger partial charge < -0.3 is 10.1 Å². The van der Waals surface area contributed by atoms with Crippen LogP contribution in [0.25, 0.3) is 0 Å². The second kappa shape index (κ2) is 7.47. The fraction of sp³-hybridized carbons (Fsp3) is 0.385. The number of hydrogen-bond acceptors (Lipinski definition) is 4. The van der Waals surface area contributed by atoms with Gasteiger partial charge >= 0.3 is 0 Å². The van der Waals surface area contributed by atoms with E-state index in [4.69, 9.17) is 27.9 Å². The van der Waals surface area contributed by atoms with Gasteiger partial charge in [0.15, 0.2) is 0 Å². The summed E-state index contributed by atoms with van der Waals surface area (Å²) >= 11 is 12.0. The van der Waals surface area contributed by atoms with Crippen LogP contribution >= 0.6 is 23.2 Å². The lowest BCUT2D eigenvalue weighted by Gasteiger charge is -2.08. The summed E-state index contributed by atoms with van der Waals surface area (Å²) in [5.74, 6) is 0.576. The van der Waals surface area contributed by atoms with Gasteiger partial charge in [-0.3, -0.25) is 0 Å². The van der Waals surface area contributed by atoms with Gasteiger partial charge in [-0.25, -0.2) is 4.68 Å². The normalized spacial score (nSPS) is 10.8. The van der Waals surface area contributed by atoms with Crippen molar-refractivity contribution < 1.29 is 4.74 Å². The molecule has 0 atom stereocenters. The first-order chi connectivity index (χ1) is 9.70. The molecule has 0 bridgehead atoms. The van der Waals surface area contributed by atoms with Crippen molar-refractivity contribution in [1.82, 2.24) is 20.3 Å². The van der Waals surface area contributed by atoms with Crippen LogP contribution in [0.4, 0.5) is 0 Å². The van der Waals surface area contributed by atoms with Crippen molar-refractivity contribution in [3.8, 4) is 5.75 Å². The Morgan fingerprint density at radius 2 is 2.20 bits per heavy atom. The highest BCUT2D eigenvalue weighted by Gasteiger charge is 2.05. The summed E-state index contributed by atoms with van der Waals surface area (Å²) < 4.78 is 7.33. The summed E-state index contributed by atoms with van der Waals surface area (Å²) in [6.07, 6.45) is 1.89. The standard InChI is InChI=1S/C13H16Cl2N4O/c1-2-16-8-10-9-19(18-17-10)6-7-20-12-5-3-4-11(14)13(12)15/h3-5,9,16H,2,6-8H2,1H3. The predicted molar refractivity (Wildman–Crippen MR) is 79.4 cm³/mol. The summed E-state index contributed by atoms with van der Waals surface area (Å²) in [5.41, 5.74) is 0.910. The molecule has 1 heterocycles. The van der Waals surface area contributed by atoms with E-state index in [1.165, 1.54) is 0 Å². The van der Waals surface area contributed by atoms with Gasteiger partial charge in [0.25, 0.3) is 0 Å². The van der Waals surface area contributed by atoms with E-state index in [0.29, 0.717) is 28.9 Å². The van der Waals surface area contributed by atoms with Crippen molar-refractivity contribution in [1.29, 1.82) is 0 Å². The Hall–Kier alpha value is -1.30. The average Bonchev–Trinajstić information content (AvgIpc) is 2.89. The van der Waals surface area contributed by atoms with E-state index in [2.05, 4.69) is 15.6 Å². The highest BCUT2D eigenvalue weighted by molar-refractivity contribution is 6.42. The third-order valence-corrected chi connectivity index (χ3v) is 3.44. The van der Waals surface area contributed by atoms with Crippen LogP contribution < -0.4 is 10.1 Å². The molecular weight excluding hydrogens is 299 g/mol. The van der Waals surface area contributed by atoms with Crippen LogP contribution in [0.5, 0.6) is 5.75 Å². The molecule has 0 spiro atoms. The quantitative estimate of drug-likeness (QED) is 0.853. The minimum atomic E-state index is 0.431. The van der Waals surface area contributed by atoms with E-state index < -0.39 is 0 Å². The number of rotatable bonds is 7. The SMILES string of the molecule is CCNCc1cn(CCOc2cccc(Cl)c2Cl)nn1. The molecule has 20 heavy (non-hydrogen) atoms. The molecule has 0 aliphatic heterocycles. The molecule has 0 saturated heterocycles. The molecular formula is C13H16Cl2N4O. The summed E-state index contributed by atoms with van der Waals surface area (Å²) in [6, 6.07) is 5.31. The Bertz CT molecular complexity index is 559. The molecule has 1 aromatic carbocycles. The number of hydrogen-bond donors (Lipinski definition) is 1. The van der Waals surface area contributed by atoms with Gasteiger partial charge in [0, 0.05) is 12.7 Å². The first kappa shape index (κ1) is 15.1. The molecule has 0 aliphatic rings. The first-order valence-electron chi connectivity index (χ1n) is 6.37. The minimum absolute atomic E-state index is 0.431. The van der Waals surface area contributed by atoms with Crippen LogP contribution in [0, 0.1) is 0 Å². The molecule has 5 nitrogen and oxygen atoms in total. The second-order valence-electron chi connectivity index (χ2n) is 4.15. The largest absolute Gasteiger partial charge is 0.490 e. The smallest absolute Gasteiger partial charge is 0.139 e. The van der Waals surface area contributed by atoms with Crippen molar-refractivity contribution in [2.24, 2.45) is 0 Å². The van der Waals surface area contributed by atoms with Crippen LogP contribution in [0.15, 0.2) is 24.4 Å². The van der Waals surface area contributed by atoms with Crippen molar-refractivity contribution in [2.75, 3.05) is 13.2 Å². The lowest BCUT2D eigenvalue weighted by Crippen LogP contribution is -2.12. The number of nitrogens with zero attached hydrogens (tertiary/aromatic N) is 3. The van der Waals surface area contributed by atoms with Crippen LogP contribution in [0.3, 0.4) is 0 Å². The molecule has 0 saturated carbocycles. The monoisotopic (exact) mass is 314 g/mol. The van der Waals surface area contributed by atoms with Gasteiger partial charge in [0.1, 0.15) is 17.4 Å². The van der Waals surface area contributed by atoms with E-state index in [1.54, 1.807) is 22.9 Å². The molecule has 0 aliphatic carbocycles. The summed E-state index contributed by atoms with van der Waals surface area (Å²) in [6.45, 7) is 4.72. The van der Waals surface area contributed by atoms with Crippen LogP contribution in [-0.4, -0.2) is 28.1 Å². The molecule has 1 N–H and O–H groups in total. The Morgan fingerprint density at radius 3 is 3.00 bits per heavy atom. The number of halogens is 2. The third-order valence-electron chi connectivity index (χ3n) is 2.64. The molecule has 0 unspecified atom stereocenters. The van der Waals surface area contributed by atoms with E-state index >= 15 is 0 Å². The Labute approximate surface area is 127 Å². The fourth-order valence-electron chi connectivity index (χ4n) is 1.63. The topological polar surface area (TPSA) is 52.0 Å². The molecule has 0 radical (unpaired) electrons. The lowest BCUT2D eigenvalue weighted by molar-refractivity contribution is 0.290. The van der Waals surface area contributed by atoms with Crippen molar-refractivity contribution in [2.45, 2.75) is 20.0 Å². The fourth-order valence-corrected chi connectivity index (χ4v) is 1.97. The summed E-state index contributed by atoms with van der Waals surface area (Å²) in [4.78, 5) is 0. The van der Waals surface area contributed by atoms with Crippen LogP contribution in [0.2, 0.25) is 10.0 Å². The summed E-state index contributed by atoms with van der Waals surface area (Å²) in [5, 5.41) is 12.2. The maximum atomic E-state index is 6.04. The van der Waals surface area contributed by atoms with Crippen LogP contribution in [0.1, 0.15) is 12.6 Å². The maximum absolute atomic E-state index is 6.04. The van der Waals surface area contributed by atoms with Gasteiger partial charge in [-0.15, -0.1) is 5.10 Å². The van der Waals surface area contributed by atoms with Gasteiger partial charge in [0.2, 0.25) is 0 Å². The molecule has 108 valence electrons. The van der Waals surface area contributed by atoms with Gasteiger partial charge in [-0.2, -0.15) is 0 Å². The summed E-state index contributed by atoms with van der Waals surface area (Å²) in [7, 11) is 0. The van der Waals surface area contributed by atoms with E-state index in [-0.39, 0.29) is 0 Å². The van der Waals surface area contributed by atoms with Crippen molar-refractivity contribution >= 4 is 23.2 Å². The minimum Gasteiger partial charge on any atom is -0.490 e. The average molecular weight is 315 g/mol. The molecule has 0 fully saturated rings. The Morgan fingerprint density at radius 1 is 1.35 bits per heavy atom. The first-order valence-corrected chi connectivity index (χ1v) is 7.13. The zero-order chi connectivity index (χ0) is 14.4. The maximum Gasteiger partial charge on any atom is 0.139 e. The van der Waals surface area contributed by atoms with Crippen molar-refractivity contribution in [3.05, 3.63) is 40.1 Å². The second-order valence-corrected chi connectivity index (χ2v) is 4.94. The zero-order valence-electron chi connectivity index (χ0n) is 11.1. The number of ether oxygens (including phenoxy) is 1. The predicted octanol–water partition coefficient (Wildman–Crippen LogP) is 2.77. The number of benzene rings is 1. The highest BCUT2D eigenvalue weighted by atomic mass is 35.5. The third kappa shape index (κ3) is 4.10. The van der Waals surface area contributed by atoms with Gasteiger partial charge in [0.05, 0.1) is 17.3 Å². The molecule has 2 aromatic rings. The molecule has 2 rings (SSSR count). The van der Waals surface area contributed by atoms with E-state index in [9.17, 15) is 0 Å². The van der Waals surface area contributed by atoms with Gasteiger partial charge in [-0.1, -0.05) is 41.4 Å². The highest BCUT2D eigenvalue weighted by Crippen LogP contribution is 2.31. The Balaban J connectivity index is 1.83. The van der Waals surface area contributed by atoms with Crippen LogP contribution in [-0.2, 0) is 13.1 Å². The zero-order valence-corrected chi connectivity index (χ0v) is 12.7. The van der Waals surface area contributed by atoms with Crippen molar-refractivity contribution in [3.63, 3.8) is 0 Å².